The maximum absolute atomic E-state index is 12.4. The molecule has 1 saturated heterocycles. The summed E-state index contributed by atoms with van der Waals surface area (Å²) in [7, 11) is 1.72. The van der Waals surface area contributed by atoms with Crippen LogP contribution in [0.1, 0.15) is 24.2 Å². The number of amides is 2. The van der Waals surface area contributed by atoms with Crippen molar-refractivity contribution in [1.29, 1.82) is 0 Å². The second-order valence-corrected chi connectivity index (χ2v) is 5.17. The lowest BCUT2D eigenvalue weighted by atomic mass is 9.97. The molecule has 0 radical (unpaired) electrons. The van der Waals surface area contributed by atoms with E-state index in [0.717, 1.165) is 0 Å². The molecule has 19 heavy (non-hydrogen) atoms. The van der Waals surface area contributed by atoms with E-state index in [-0.39, 0.29) is 23.1 Å². The van der Waals surface area contributed by atoms with Crippen LogP contribution in [0.25, 0.3) is 0 Å². The van der Waals surface area contributed by atoms with Crippen LogP contribution in [-0.4, -0.2) is 57.4 Å². The standard InChI is InChI=1S/C13H17N3O3/c1-13(2)12(19)15(3)4-5-16(13)11(18)9-6-10(17)8-14-7-9/h6-8,17H,4-5H2,1-3H3. The number of piperazine rings is 1. The molecule has 0 atom stereocenters. The number of aromatic hydroxyl groups is 1. The number of hydrogen-bond donors (Lipinski definition) is 1. The minimum absolute atomic E-state index is 0.0656. The van der Waals surface area contributed by atoms with Gasteiger partial charge in [-0.1, -0.05) is 0 Å². The average molecular weight is 263 g/mol. The molecule has 0 aromatic carbocycles. The molecule has 102 valence electrons. The van der Waals surface area contributed by atoms with E-state index in [2.05, 4.69) is 4.98 Å². The summed E-state index contributed by atoms with van der Waals surface area (Å²) in [6.45, 7) is 4.40. The topological polar surface area (TPSA) is 73.7 Å². The molecular formula is C13H17N3O3. The van der Waals surface area contributed by atoms with Gasteiger partial charge in [0.05, 0.1) is 11.8 Å². The minimum Gasteiger partial charge on any atom is -0.506 e. The molecule has 1 fully saturated rings. The lowest BCUT2D eigenvalue weighted by Crippen LogP contribution is -2.63. The first kappa shape index (κ1) is 13.3. The highest BCUT2D eigenvalue weighted by Crippen LogP contribution is 2.24. The van der Waals surface area contributed by atoms with Crippen LogP contribution >= 0.6 is 0 Å². The summed E-state index contributed by atoms with van der Waals surface area (Å²) < 4.78 is 0. The SMILES string of the molecule is CN1CCN(C(=O)c2cncc(O)c2)C(C)(C)C1=O. The smallest absolute Gasteiger partial charge is 0.256 e. The second-order valence-electron chi connectivity index (χ2n) is 5.17. The van der Waals surface area contributed by atoms with Gasteiger partial charge in [0.25, 0.3) is 5.91 Å². The molecule has 6 heteroatoms. The van der Waals surface area contributed by atoms with Crippen molar-refractivity contribution >= 4 is 11.8 Å². The van der Waals surface area contributed by atoms with E-state index in [4.69, 9.17) is 0 Å². The summed E-state index contributed by atoms with van der Waals surface area (Å²) in [5.41, 5.74) is -0.611. The van der Waals surface area contributed by atoms with Crippen molar-refractivity contribution in [3.63, 3.8) is 0 Å². The number of likely N-dealkylation sites (N-methyl/N-ethyl adjacent to an activating group) is 1. The van der Waals surface area contributed by atoms with Crippen LogP contribution < -0.4 is 0 Å². The fourth-order valence-corrected chi connectivity index (χ4v) is 2.27. The number of rotatable bonds is 1. The molecule has 6 nitrogen and oxygen atoms in total. The molecule has 0 saturated carbocycles. The third kappa shape index (κ3) is 2.25. The molecule has 1 aromatic heterocycles. The van der Waals surface area contributed by atoms with E-state index in [0.29, 0.717) is 13.1 Å². The van der Waals surface area contributed by atoms with Gasteiger partial charge >= 0.3 is 0 Å². The van der Waals surface area contributed by atoms with E-state index >= 15 is 0 Å². The molecular weight excluding hydrogens is 246 g/mol. The summed E-state index contributed by atoms with van der Waals surface area (Å²) in [6.07, 6.45) is 2.65. The Kier molecular flexibility index (Phi) is 3.18. The predicted molar refractivity (Wildman–Crippen MR) is 68.7 cm³/mol. The van der Waals surface area contributed by atoms with Crippen molar-refractivity contribution in [2.24, 2.45) is 0 Å². The first-order valence-corrected chi connectivity index (χ1v) is 6.05. The molecule has 1 N–H and O–H groups in total. The van der Waals surface area contributed by atoms with Crippen LogP contribution in [0.3, 0.4) is 0 Å². The zero-order valence-corrected chi connectivity index (χ0v) is 11.3. The Morgan fingerprint density at radius 2 is 2.05 bits per heavy atom. The first-order chi connectivity index (χ1) is 8.84. The van der Waals surface area contributed by atoms with Gasteiger partial charge in [0.15, 0.2) is 0 Å². The van der Waals surface area contributed by atoms with Crippen LogP contribution in [-0.2, 0) is 4.79 Å². The molecule has 1 aliphatic heterocycles. The van der Waals surface area contributed by atoms with Crippen molar-refractivity contribution < 1.29 is 14.7 Å². The number of carbonyl (C=O) groups excluding carboxylic acids is 2. The molecule has 2 rings (SSSR count). The third-order valence-corrected chi connectivity index (χ3v) is 3.42. The fourth-order valence-electron chi connectivity index (χ4n) is 2.27. The van der Waals surface area contributed by atoms with Gasteiger partial charge in [-0.2, -0.15) is 0 Å². The van der Waals surface area contributed by atoms with Crippen LogP contribution in [0, 0.1) is 0 Å². The quantitative estimate of drug-likeness (QED) is 0.799. The molecule has 0 aliphatic carbocycles. The van der Waals surface area contributed by atoms with Crippen LogP contribution in [0.4, 0.5) is 0 Å². The highest BCUT2D eigenvalue weighted by molar-refractivity contribution is 5.99. The number of nitrogens with zero attached hydrogens (tertiary/aromatic N) is 3. The predicted octanol–water partition coefficient (Wildman–Crippen LogP) is 0.480. The lowest BCUT2D eigenvalue weighted by molar-refractivity contribution is -0.144. The van der Waals surface area contributed by atoms with Crippen LogP contribution in [0.5, 0.6) is 5.75 Å². The molecule has 0 spiro atoms. The van der Waals surface area contributed by atoms with E-state index in [1.807, 2.05) is 0 Å². The van der Waals surface area contributed by atoms with Gasteiger partial charge in [-0.05, 0) is 19.9 Å². The summed E-state index contributed by atoms with van der Waals surface area (Å²) in [4.78, 5) is 31.5. The monoisotopic (exact) mass is 263 g/mol. The van der Waals surface area contributed by atoms with Crippen molar-refractivity contribution in [1.82, 2.24) is 14.8 Å². The Hall–Kier alpha value is -2.11. The molecule has 1 aliphatic rings. The summed E-state index contributed by atoms with van der Waals surface area (Å²) in [5, 5.41) is 9.38. The first-order valence-electron chi connectivity index (χ1n) is 6.05. The maximum atomic E-state index is 12.4. The van der Waals surface area contributed by atoms with Crippen molar-refractivity contribution in [3.05, 3.63) is 24.0 Å². The van der Waals surface area contributed by atoms with Gasteiger partial charge in [0.1, 0.15) is 11.3 Å². The van der Waals surface area contributed by atoms with Crippen molar-refractivity contribution in [2.45, 2.75) is 19.4 Å². The van der Waals surface area contributed by atoms with Gasteiger partial charge < -0.3 is 14.9 Å². The highest BCUT2D eigenvalue weighted by atomic mass is 16.3. The maximum Gasteiger partial charge on any atom is 0.256 e. The third-order valence-electron chi connectivity index (χ3n) is 3.42. The van der Waals surface area contributed by atoms with Gasteiger partial charge in [-0.25, -0.2) is 0 Å². The number of carbonyl (C=O) groups is 2. The summed E-state index contributed by atoms with van der Waals surface area (Å²) in [5.74, 6) is -0.459. The number of hydrogen-bond acceptors (Lipinski definition) is 4. The number of aromatic nitrogens is 1. The summed E-state index contributed by atoms with van der Waals surface area (Å²) >= 11 is 0. The largest absolute Gasteiger partial charge is 0.506 e. The average Bonchev–Trinajstić information content (AvgIpc) is 2.35. The zero-order valence-electron chi connectivity index (χ0n) is 11.3. The minimum atomic E-state index is -0.893. The van der Waals surface area contributed by atoms with Gasteiger partial charge in [-0.3, -0.25) is 14.6 Å². The zero-order chi connectivity index (χ0) is 14.2. The highest BCUT2D eigenvalue weighted by Gasteiger charge is 2.43. The Morgan fingerprint density at radius 3 is 2.68 bits per heavy atom. The molecule has 2 amide bonds. The van der Waals surface area contributed by atoms with Crippen LogP contribution in [0.2, 0.25) is 0 Å². The van der Waals surface area contributed by atoms with Gasteiger partial charge in [0.2, 0.25) is 5.91 Å². The molecule has 1 aromatic rings. The van der Waals surface area contributed by atoms with Gasteiger partial charge in [-0.15, -0.1) is 0 Å². The lowest BCUT2D eigenvalue weighted by Gasteiger charge is -2.44. The fraction of sp³-hybridized carbons (Fsp3) is 0.462. The Morgan fingerprint density at radius 1 is 1.37 bits per heavy atom. The Bertz CT molecular complexity index is 528. The molecule has 2 heterocycles. The van der Waals surface area contributed by atoms with E-state index in [9.17, 15) is 14.7 Å². The van der Waals surface area contributed by atoms with E-state index in [1.54, 1.807) is 25.8 Å². The normalized spacial score (nSPS) is 18.6. The Labute approximate surface area is 111 Å². The Balaban J connectivity index is 2.31. The van der Waals surface area contributed by atoms with E-state index < -0.39 is 5.54 Å². The summed E-state index contributed by atoms with van der Waals surface area (Å²) in [6, 6.07) is 1.36. The molecule has 0 unspecified atom stereocenters. The van der Waals surface area contributed by atoms with E-state index in [1.165, 1.54) is 23.4 Å². The number of pyridine rings is 1. The van der Waals surface area contributed by atoms with Crippen molar-refractivity contribution in [2.75, 3.05) is 20.1 Å². The second kappa shape index (κ2) is 4.53. The van der Waals surface area contributed by atoms with Crippen LogP contribution in [0.15, 0.2) is 18.5 Å². The molecule has 0 bridgehead atoms. The van der Waals surface area contributed by atoms with Crippen molar-refractivity contribution in [3.8, 4) is 5.75 Å². The van der Waals surface area contributed by atoms with Gasteiger partial charge in [0, 0.05) is 26.3 Å².